The smallest absolute Gasteiger partial charge is 0.407 e. The van der Waals surface area contributed by atoms with Gasteiger partial charge in [0.1, 0.15) is 22.6 Å². The summed E-state index contributed by atoms with van der Waals surface area (Å²) < 4.78 is 20.6. The van der Waals surface area contributed by atoms with Crippen LogP contribution in [0.2, 0.25) is 0 Å². The molecule has 3 aromatic rings. The number of aryl methyl sites for hydroxylation is 1. The van der Waals surface area contributed by atoms with Crippen molar-refractivity contribution in [3.63, 3.8) is 0 Å². The Bertz CT molecular complexity index is 1560. The number of nitrogens with zero attached hydrogens (tertiary/aromatic N) is 4. The number of alkyl carbamates (subject to hydrolysis) is 1. The number of piperidine rings is 1. The Morgan fingerprint density at radius 2 is 1.95 bits per heavy atom. The van der Waals surface area contributed by atoms with Crippen molar-refractivity contribution in [1.82, 2.24) is 24.3 Å². The molecule has 6 rings (SSSR count). The molecule has 1 saturated heterocycles. The van der Waals surface area contributed by atoms with Crippen molar-refractivity contribution in [3.05, 3.63) is 35.0 Å². The van der Waals surface area contributed by atoms with Crippen molar-refractivity contribution in [1.29, 1.82) is 0 Å². The summed E-state index contributed by atoms with van der Waals surface area (Å²) in [5, 5.41) is 2.91. The lowest BCUT2D eigenvalue weighted by Crippen LogP contribution is -2.50. The fraction of sp³-hybridized carbons (Fsp3) is 0.548. The number of cyclic esters (lactones) is 1. The van der Waals surface area contributed by atoms with E-state index in [4.69, 9.17) is 19.2 Å². The molecule has 0 bridgehead atoms. The Balaban J connectivity index is 1.31. The average molecular weight is 578 g/mol. The van der Waals surface area contributed by atoms with Gasteiger partial charge >= 0.3 is 12.1 Å². The molecule has 0 spiro atoms. The highest BCUT2D eigenvalue weighted by atomic mass is 16.6. The number of fused-ring (bicyclic) bond motifs is 2. The first kappa shape index (κ1) is 28.1. The number of nitrogens with one attached hydrogen (secondary N) is 1. The van der Waals surface area contributed by atoms with Gasteiger partial charge < -0.3 is 33.6 Å². The Hall–Kier alpha value is -4.02. The number of carbonyl (C=O) groups is 3. The lowest BCUT2D eigenvalue weighted by molar-refractivity contribution is 0.0449. The molecule has 0 unspecified atom stereocenters. The summed E-state index contributed by atoms with van der Waals surface area (Å²) >= 11 is 0. The number of imidazole rings is 1. The molecule has 3 aliphatic rings. The van der Waals surface area contributed by atoms with Crippen molar-refractivity contribution in [3.8, 4) is 17.3 Å². The molecule has 2 fully saturated rings. The number of rotatable bonds is 6. The Morgan fingerprint density at radius 3 is 2.67 bits per heavy atom. The van der Waals surface area contributed by atoms with Crippen molar-refractivity contribution < 1.29 is 28.6 Å². The van der Waals surface area contributed by atoms with E-state index in [1.807, 2.05) is 32.4 Å². The summed E-state index contributed by atoms with van der Waals surface area (Å²) in [5.74, 6) is 1.36. The predicted molar refractivity (Wildman–Crippen MR) is 156 cm³/mol. The number of hydrogen-bond donors (Lipinski definition) is 1. The Labute approximate surface area is 245 Å². The predicted octanol–water partition coefficient (Wildman–Crippen LogP) is 4.30. The number of hydrogen-bond acceptors (Lipinski definition) is 7. The highest BCUT2D eigenvalue weighted by Gasteiger charge is 2.33. The van der Waals surface area contributed by atoms with E-state index < -0.39 is 11.7 Å². The number of benzene rings is 1. The molecule has 1 saturated carbocycles. The second-order valence-corrected chi connectivity index (χ2v) is 12.6. The quantitative estimate of drug-likeness (QED) is 0.434. The number of methoxy groups -OCH3 is 1. The number of amides is 2. The molecule has 1 N–H and O–H groups in total. The number of likely N-dealkylation sites (tertiary alicyclic amines) is 1. The van der Waals surface area contributed by atoms with Crippen molar-refractivity contribution in [2.75, 3.05) is 26.8 Å². The van der Waals surface area contributed by atoms with Gasteiger partial charge in [0.25, 0.3) is 5.91 Å². The maximum atomic E-state index is 13.7. The van der Waals surface area contributed by atoms with Gasteiger partial charge in [0.15, 0.2) is 5.82 Å². The maximum Gasteiger partial charge on any atom is 0.407 e. The highest BCUT2D eigenvalue weighted by molar-refractivity contribution is 6.00. The monoisotopic (exact) mass is 577 g/mol. The first-order chi connectivity index (χ1) is 20.0. The zero-order valence-electron chi connectivity index (χ0n) is 25.0. The van der Waals surface area contributed by atoms with Gasteiger partial charge in [-0.15, -0.1) is 0 Å². The van der Waals surface area contributed by atoms with E-state index in [9.17, 15) is 14.4 Å². The van der Waals surface area contributed by atoms with Crippen LogP contribution in [0.15, 0.2) is 18.2 Å². The molecular formula is C31H39N5O6. The first-order valence-corrected chi connectivity index (χ1v) is 14.8. The maximum absolute atomic E-state index is 13.7. The van der Waals surface area contributed by atoms with Crippen LogP contribution in [0.5, 0.6) is 5.75 Å². The summed E-state index contributed by atoms with van der Waals surface area (Å²) in [7, 11) is 3.51. The summed E-state index contributed by atoms with van der Waals surface area (Å²) in [6, 6.07) is 5.43. The molecule has 11 nitrogen and oxygen atoms in total. The zero-order valence-corrected chi connectivity index (χ0v) is 25.0. The minimum Gasteiger partial charge on any atom is -0.494 e. The fourth-order valence-electron chi connectivity index (χ4n) is 6.05. The van der Waals surface area contributed by atoms with Crippen molar-refractivity contribution in [2.24, 2.45) is 13.0 Å². The Morgan fingerprint density at radius 1 is 1.17 bits per heavy atom. The van der Waals surface area contributed by atoms with Crippen LogP contribution < -0.4 is 10.1 Å². The van der Waals surface area contributed by atoms with E-state index in [-0.39, 0.29) is 17.9 Å². The van der Waals surface area contributed by atoms with E-state index in [2.05, 4.69) is 16.0 Å². The van der Waals surface area contributed by atoms with E-state index in [1.54, 1.807) is 24.1 Å². The molecule has 224 valence electrons. The molecule has 42 heavy (non-hydrogen) atoms. The molecule has 1 aromatic carbocycles. The van der Waals surface area contributed by atoms with E-state index in [0.29, 0.717) is 60.4 Å². The molecule has 0 radical (unpaired) electrons. The van der Waals surface area contributed by atoms with E-state index in [0.717, 1.165) is 49.0 Å². The van der Waals surface area contributed by atoms with Gasteiger partial charge in [-0.05, 0) is 76.1 Å². The molecule has 4 heterocycles. The number of carbonyl (C=O) groups excluding carboxylic acids is 3. The van der Waals surface area contributed by atoms with Gasteiger partial charge in [0, 0.05) is 44.7 Å². The highest BCUT2D eigenvalue weighted by Crippen LogP contribution is 2.38. The van der Waals surface area contributed by atoms with Crippen LogP contribution in [-0.4, -0.2) is 75.4 Å². The molecule has 11 heteroatoms. The van der Waals surface area contributed by atoms with Gasteiger partial charge in [-0.3, -0.25) is 4.79 Å². The molecule has 1 atom stereocenters. The van der Waals surface area contributed by atoms with Gasteiger partial charge in [0.2, 0.25) is 0 Å². The first-order valence-electron chi connectivity index (χ1n) is 14.8. The van der Waals surface area contributed by atoms with Crippen LogP contribution in [0.3, 0.4) is 0 Å². The fourth-order valence-corrected chi connectivity index (χ4v) is 6.05. The number of aromatic nitrogens is 3. The second-order valence-electron chi connectivity index (χ2n) is 12.6. The number of esters is 1. The van der Waals surface area contributed by atoms with Gasteiger partial charge in [-0.2, -0.15) is 0 Å². The minimum atomic E-state index is -0.593. The van der Waals surface area contributed by atoms with Gasteiger partial charge in [-0.1, -0.05) is 0 Å². The summed E-state index contributed by atoms with van der Waals surface area (Å²) in [6.45, 7) is 7.58. The van der Waals surface area contributed by atoms with Gasteiger partial charge in [-0.25, -0.2) is 14.6 Å². The molecule has 2 aromatic heterocycles. The van der Waals surface area contributed by atoms with E-state index in [1.165, 1.54) is 0 Å². The van der Waals surface area contributed by atoms with Gasteiger partial charge in [0.05, 0.1) is 24.9 Å². The molecular weight excluding hydrogens is 538 g/mol. The third kappa shape index (κ3) is 5.44. The van der Waals surface area contributed by atoms with Crippen molar-refractivity contribution >= 4 is 29.0 Å². The Kier molecular flexibility index (Phi) is 7.14. The lowest BCUT2D eigenvalue weighted by Gasteiger charge is -2.33. The number of ether oxygens (including phenoxy) is 3. The SMILES string of the molecule is COc1cc(C(=O)N2CCC[C@@H](NC(=O)OC(C)(C)C)C2)cc2nc(-c3cc4c(n3CC3CC3)C(=O)OCC4)n(C)c12. The van der Waals surface area contributed by atoms with E-state index >= 15 is 0 Å². The molecule has 1 aliphatic carbocycles. The molecule has 2 amide bonds. The van der Waals surface area contributed by atoms with Crippen molar-refractivity contribution in [2.45, 2.75) is 71.1 Å². The van der Waals surface area contributed by atoms with Crippen LogP contribution in [0.25, 0.3) is 22.6 Å². The topological polar surface area (TPSA) is 117 Å². The summed E-state index contributed by atoms with van der Waals surface area (Å²) in [5.41, 5.74) is 3.75. The second kappa shape index (κ2) is 10.7. The van der Waals surface area contributed by atoms with Crippen LogP contribution in [0.4, 0.5) is 4.79 Å². The summed E-state index contributed by atoms with van der Waals surface area (Å²) in [6.07, 6.45) is 4.03. The summed E-state index contributed by atoms with van der Waals surface area (Å²) in [4.78, 5) is 45.6. The zero-order chi connectivity index (χ0) is 29.8. The standard InChI is InChI=1S/C31H39N5O6/c1-31(2,3)42-30(39)32-21-7-6-11-35(17-21)28(37)20-13-22-26(24(15-20)40-5)34(4)27(33-22)23-14-19-10-12-41-29(38)25(19)36(23)16-18-8-9-18/h13-15,18,21H,6-12,16-17H2,1-5H3,(H,32,39)/t21-/m1/s1. The third-order valence-electron chi connectivity index (χ3n) is 8.17. The third-order valence-corrected chi connectivity index (χ3v) is 8.17. The minimum absolute atomic E-state index is 0.145. The largest absolute Gasteiger partial charge is 0.494 e. The average Bonchev–Trinajstić information content (AvgIpc) is 3.59. The van der Waals surface area contributed by atoms with Crippen LogP contribution in [0.1, 0.15) is 72.9 Å². The van der Waals surface area contributed by atoms with Crippen LogP contribution in [0, 0.1) is 5.92 Å². The molecule has 2 aliphatic heterocycles. The van der Waals surface area contributed by atoms with Crippen LogP contribution >= 0.6 is 0 Å². The normalized spacial score (nSPS) is 18.9. The lowest BCUT2D eigenvalue weighted by atomic mass is 10.0. The van der Waals surface area contributed by atoms with Crippen LogP contribution in [-0.2, 0) is 29.5 Å².